The lowest BCUT2D eigenvalue weighted by molar-refractivity contribution is 0.0994. The maximum Gasteiger partial charge on any atom is 0.180 e. The van der Waals surface area contributed by atoms with Crippen molar-refractivity contribution in [1.29, 1.82) is 0 Å². The minimum absolute atomic E-state index is 0.0313. The van der Waals surface area contributed by atoms with Gasteiger partial charge in [0, 0.05) is 0 Å². The molecule has 0 radical (unpaired) electrons. The highest BCUT2D eigenvalue weighted by molar-refractivity contribution is 6.00. The molecular formula is C15H21NO2. The number of rotatable bonds is 4. The second kappa shape index (κ2) is 5.53. The van der Waals surface area contributed by atoms with Crippen molar-refractivity contribution < 1.29 is 9.53 Å². The van der Waals surface area contributed by atoms with E-state index >= 15 is 0 Å². The summed E-state index contributed by atoms with van der Waals surface area (Å²) in [5.41, 5.74) is 8.30. The fourth-order valence-corrected chi connectivity index (χ4v) is 2.44. The molecule has 0 unspecified atom stereocenters. The van der Waals surface area contributed by atoms with Crippen molar-refractivity contribution in [1.82, 2.24) is 0 Å². The highest BCUT2D eigenvalue weighted by atomic mass is 16.5. The van der Waals surface area contributed by atoms with Crippen LogP contribution in [0.15, 0.2) is 12.1 Å². The van der Waals surface area contributed by atoms with Crippen LogP contribution in [0.1, 0.15) is 47.2 Å². The van der Waals surface area contributed by atoms with E-state index in [2.05, 4.69) is 0 Å². The molecule has 98 valence electrons. The standard InChI is InChI=1S/C15H21NO2/c1-10-7-8-13(14(17)9-16)15(11(10)2)18-12-5-3-4-6-12/h7-8,12H,3-6,9,16H2,1-2H3. The molecular weight excluding hydrogens is 226 g/mol. The highest BCUT2D eigenvalue weighted by Crippen LogP contribution is 2.31. The monoisotopic (exact) mass is 247 g/mol. The molecule has 1 aliphatic rings. The smallest absolute Gasteiger partial charge is 0.180 e. The van der Waals surface area contributed by atoms with Gasteiger partial charge in [0.1, 0.15) is 5.75 Å². The van der Waals surface area contributed by atoms with E-state index in [0.717, 1.165) is 29.7 Å². The van der Waals surface area contributed by atoms with E-state index in [9.17, 15) is 4.79 Å². The van der Waals surface area contributed by atoms with Crippen molar-refractivity contribution in [2.24, 2.45) is 5.73 Å². The fourth-order valence-electron chi connectivity index (χ4n) is 2.44. The van der Waals surface area contributed by atoms with Gasteiger partial charge >= 0.3 is 0 Å². The average Bonchev–Trinajstić information content (AvgIpc) is 2.87. The van der Waals surface area contributed by atoms with Gasteiger partial charge in [0.05, 0.1) is 18.2 Å². The first-order valence-corrected chi connectivity index (χ1v) is 6.63. The fraction of sp³-hybridized carbons (Fsp3) is 0.533. The topological polar surface area (TPSA) is 52.3 Å². The minimum Gasteiger partial charge on any atom is -0.489 e. The molecule has 1 aromatic rings. The maximum absolute atomic E-state index is 11.9. The molecule has 18 heavy (non-hydrogen) atoms. The lowest BCUT2D eigenvalue weighted by Gasteiger charge is -2.19. The van der Waals surface area contributed by atoms with Gasteiger partial charge in [-0.3, -0.25) is 4.79 Å². The largest absolute Gasteiger partial charge is 0.489 e. The number of nitrogens with two attached hydrogens (primary N) is 1. The van der Waals surface area contributed by atoms with Crippen LogP contribution in [0.25, 0.3) is 0 Å². The Morgan fingerprint density at radius 1 is 1.33 bits per heavy atom. The van der Waals surface area contributed by atoms with Gasteiger partial charge in [-0.2, -0.15) is 0 Å². The number of ether oxygens (including phenoxy) is 1. The van der Waals surface area contributed by atoms with Crippen molar-refractivity contribution in [2.45, 2.75) is 45.6 Å². The number of Topliss-reactive ketones (excluding diaryl/α,β-unsaturated/α-hetero) is 1. The van der Waals surface area contributed by atoms with Gasteiger partial charge in [-0.25, -0.2) is 0 Å². The number of carbonyl (C=O) groups is 1. The summed E-state index contributed by atoms with van der Waals surface area (Å²) >= 11 is 0. The summed E-state index contributed by atoms with van der Waals surface area (Å²) in [5.74, 6) is 0.698. The van der Waals surface area contributed by atoms with E-state index in [0.29, 0.717) is 5.56 Å². The molecule has 0 atom stereocenters. The molecule has 0 aromatic heterocycles. The first-order chi connectivity index (χ1) is 8.63. The minimum atomic E-state index is -0.0499. The van der Waals surface area contributed by atoms with Crippen LogP contribution >= 0.6 is 0 Å². The summed E-state index contributed by atoms with van der Waals surface area (Å²) in [4.78, 5) is 11.9. The van der Waals surface area contributed by atoms with E-state index in [1.807, 2.05) is 26.0 Å². The molecule has 0 amide bonds. The molecule has 1 aliphatic carbocycles. The van der Waals surface area contributed by atoms with Gasteiger partial charge in [-0.15, -0.1) is 0 Å². The normalized spacial score (nSPS) is 15.9. The molecule has 3 heteroatoms. The molecule has 3 nitrogen and oxygen atoms in total. The van der Waals surface area contributed by atoms with Gasteiger partial charge in [0.2, 0.25) is 0 Å². The van der Waals surface area contributed by atoms with Crippen molar-refractivity contribution in [3.63, 3.8) is 0 Å². The third-order valence-electron chi connectivity index (χ3n) is 3.75. The Balaban J connectivity index is 2.34. The zero-order chi connectivity index (χ0) is 13.1. The zero-order valence-corrected chi connectivity index (χ0v) is 11.2. The Bertz CT molecular complexity index is 448. The van der Waals surface area contributed by atoms with Gasteiger partial charge in [-0.05, 0) is 56.7 Å². The number of hydrogen-bond donors (Lipinski definition) is 1. The SMILES string of the molecule is Cc1ccc(C(=O)CN)c(OC2CCCC2)c1C. The molecule has 0 saturated heterocycles. The third-order valence-corrected chi connectivity index (χ3v) is 3.75. The van der Waals surface area contributed by atoms with Crippen molar-refractivity contribution >= 4 is 5.78 Å². The predicted octanol–water partition coefficient (Wildman–Crippen LogP) is 2.77. The van der Waals surface area contributed by atoms with Crippen LogP contribution in [0, 0.1) is 13.8 Å². The van der Waals surface area contributed by atoms with Crippen LogP contribution < -0.4 is 10.5 Å². The van der Waals surface area contributed by atoms with Crippen LogP contribution in [0.4, 0.5) is 0 Å². The van der Waals surface area contributed by atoms with Gasteiger partial charge in [0.25, 0.3) is 0 Å². The van der Waals surface area contributed by atoms with Crippen LogP contribution in [0.5, 0.6) is 5.75 Å². The summed E-state index contributed by atoms with van der Waals surface area (Å²) in [6.45, 7) is 4.07. The van der Waals surface area contributed by atoms with Gasteiger partial charge in [-0.1, -0.05) is 6.07 Å². The molecule has 1 aromatic carbocycles. The zero-order valence-electron chi connectivity index (χ0n) is 11.2. The number of aryl methyl sites for hydroxylation is 1. The van der Waals surface area contributed by atoms with Crippen LogP contribution in [0.3, 0.4) is 0 Å². The molecule has 2 rings (SSSR count). The highest BCUT2D eigenvalue weighted by Gasteiger charge is 2.21. The first-order valence-electron chi connectivity index (χ1n) is 6.63. The summed E-state index contributed by atoms with van der Waals surface area (Å²) < 4.78 is 6.06. The molecule has 0 spiro atoms. The number of carbonyl (C=O) groups excluding carboxylic acids is 1. The first kappa shape index (κ1) is 13.1. The summed E-state index contributed by atoms with van der Waals surface area (Å²) in [7, 11) is 0. The van der Waals surface area contributed by atoms with Gasteiger partial charge < -0.3 is 10.5 Å². The lowest BCUT2D eigenvalue weighted by Crippen LogP contribution is -2.19. The van der Waals surface area contributed by atoms with E-state index < -0.39 is 0 Å². The summed E-state index contributed by atoms with van der Waals surface area (Å²) in [5, 5.41) is 0. The van der Waals surface area contributed by atoms with Crippen LogP contribution in [0.2, 0.25) is 0 Å². The van der Waals surface area contributed by atoms with E-state index in [1.165, 1.54) is 12.8 Å². The molecule has 1 fully saturated rings. The number of hydrogen-bond acceptors (Lipinski definition) is 3. The van der Waals surface area contributed by atoms with Crippen molar-refractivity contribution in [3.8, 4) is 5.75 Å². The van der Waals surface area contributed by atoms with E-state index in [4.69, 9.17) is 10.5 Å². The second-order valence-corrected chi connectivity index (χ2v) is 5.04. The molecule has 0 heterocycles. The Labute approximate surface area is 108 Å². The number of ketones is 1. The quantitative estimate of drug-likeness (QED) is 0.832. The van der Waals surface area contributed by atoms with E-state index in [-0.39, 0.29) is 18.4 Å². The Morgan fingerprint density at radius 3 is 2.61 bits per heavy atom. The molecule has 0 bridgehead atoms. The maximum atomic E-state index is 11.9. The van der Waals surface area contributed by atoms with Crippen LogP contribution in [-0.2, 0) is 0 Å². The average molecular weight is 247 g/mol. The Kier molecular flexibility index (Phi) is 4.02. The molecule has 0 aliphatic heterocycles. The van der Waals surface area contributed by atoms with Gasteiger partial charge in [0.15, 0.2) is 5.78 Å². The van der Waals surface area contributed by atoms with Crippen molar-refractivity contribution in [2.75, 3.05) is 6.54 Å². The molecule has 2 N–H and O–H groups in total. The van der Waals surface area contributed by atoms with Crippen molar-refractivity contribution in [3.05, 3.63) is 28.8 Å². The predicted molar refractivity (Wildman–Crippen MR) is 72.2 cm³/mol. The summed E-state index contributed by atoms with van der Waals surface area (Å²) in [6.07, 6.45) is 4.87. The van der Waals surface area contributed by atoms with E-state index in [1.54, 1.807) is 0 Å². The lowest BCUT2D eigenvalue weighted by atomic mass is 10.0. The third kappa shape index (κ3) is 2.56. The Morgan fingerprint density at radius 2 is 2.00 bits per heavy atom. The number of benzene rings is 1. The molecule has 1 saturated carbocycles. The Hall–Kier alpha value is -1.35. The summed E-state index contributed by atoms with van der Waals surface area (Å²) in [6, 6.07) is 3.79. The second-order valence-electron chi connectivity index (χ2n) is 5.04. The van der Waals surface area contributed by atoms with Crippen LogP contribution in [-0.4, -0.2) is 18.4 Å².